The maximum Gasteiger partial charge on any atom is 0.325 e. The second-order valence-corrected chi connectivity index (χ2v) is 7.86. The summed E-state index contributed by atoms with van der Waals surface area (Å²) < 4.78 is 13.4. The summed E-state index contributed by atoms with van der Waals surface area (Å²) in [5.41, 5.74) is 0.885. The molecular formula is C22H23ClFN3O3. The van der Waals surface area contributed by atoms with Gasteiger partial charge in [-0.05, 0) is 43.5 Å². The van der Waals surface area contributed by atoms with Crippen LogP contribution in [0.2, 0.25) is 5.02 Å². The topological polar surface area (TPSA) is 78.5 Å². The number of nitrogens with zero attached hydrogens (tertiary/aromatic N) is 1. The zero-order valence-electron chi connectivity index (χ0n) is 17.0. The number of rotatable bonds is 6. The van der Waals surface area contributed by atoms with Gasteiger partial charge < -0.3 is 10.6 Å². The Kier molecular flexibility index (Phi) is 6.12. The maximum absolute atomic E-state index is 13.4. The summed E-state index contributed by atoms with van der Waals surface area (Å²) >= 11 is 6.08. The molecule has 0 saturated carbocycles. The maximum atomic E-state index is 13.4. The van der Waals surface area contributed by atoms with Crippen molar-refractivity contribution in [3.8, 4) is 0 Å². The lowest BCUT2D eigenvalue weighted by atomic mass is 9.92. The van der Waals surface area contributed by atoms with Gasteiger partial charge in [-0.1, -0.05) is 48.9 Å². The monoisotopic (exact) mass is 431 g/mol. The molecule has 2 unspecified atom stereocenters. The van der Waals surface area contributed by atoms with Crippen molar-refractivity contribution in [1.29, 1.82) is 0 Å². The summed E-state index contributed by atoms with van der Waals surface area (Å²) in [6, 6.07) is 10.4. The highest BCUT2D eigenvalue weighted by Gasteiger charge is 2.50. The van der Waals surface area contributed by atoms with Crippen LogP contribution >= 0.6 is 11.6 Å². The molecule has 1 aliphatic heterocycles. The van der Waals surface area contributed by atoms with Crippen molar-refractivity contribution in [2.45, 2.75) is 38.8 Å². The number of hydrogen-bond acceptors (Lipinski definition) is 3. The number of carbonyl (C=O) groups excluding carboxylic acids is 3. The van der Waals surface area contributed by atoms with Crippen LogP contribution in [0.1, 0.15) is 43.5 Å². The minimum Gasteiger partial charge on any atom is -0.348 e. The summed E-state index contributed by atoms with van der Waals surface area (Å²) in [6.45, 7) is 4.93. The summed E-state index contributed by atoms with van der Waals surface area (Å²) in [4.78, 5) is 38.7. The van der Waals surface area contributed by atoms with Gasteiger partial charge in [-0.15, -0.1) is 0 Å². The normalized spacial score (nSPS) is 19.6. The number of hydrogen-bond donors (Lipinski definition) is 2. The van der Waals surface area contributed by atoms with Crippen LogP contribution in [0.25, 0.3) is 0 Å². The lowest BCUT2D eigenvalue weighted by molar-refractivity contribution is -0.135. The molecule has 6 nitrogen and oxygen atoms in total. The van der Waals surface area contributed by atoms with Crippen LogP contribution in [0.3, 0.4) is 0 Å². The molecule has 30 heavy (non-hydrogen) atoms. The number of nitrogens with one attached hydrogen (secondary N) is 2. The van der Waals surface area contributed by atoms with E-state index in [0.717, 1.165) is 29.0 Å². The average Bonchev–Trinajstić information content (AvgIpc) is 2.91. The van der Waals surface area contributed by atoms with E-state index in [-0.39, 0.29) is 16.6 Å². The highest BCUT2D eigenvalue weighted by molar-refractivity contribution is 6.32. The number of benzene rings is 2. The molecule has 2 N–H and O–H groups in total. The van der Waals surface area contributed by atoms with Crippen LogP contribution in [-0.4, -0.2) is 29.3 Å². The van der Waals surface area contributed by atoms with Gasteiger partial charge in [0, 0.05) is 10.6 Å². The van der Waals surface area contributed by atoms with Gasteiger partial charge in [0.2, 0.25) is 5.91 Å². The van der Waals surface area contributed by atoms with E-state index in [1.165, 1.54) is 18.6 Å². The molecule has 0 bridgehead atoms. The van der Waals surface area contributed by atoms with E-state index in [2.05, 4.69) is 17.6 Å². The van der Waals surface area contributed by atoms with Crippen molar-refractivity contribution in [2.24, 2.45) is 0 Å². The molecule has 0 aromatic heterocycles. The minimum absolute atomic E-state index is 0.0154. The largest absolute Gasteiger partial charge is 0.348 e. The Hall–Kier alpha value is -2.93. The second kappa shape index (κ2) is 8.44. The fourth-order valence-electron chi connectivity index (χ4n) is 3.47. The van der Waals surface area contributed by atoms with E-state index in [9.17, 15) is 18.8 Å². The van der Waals surface area contributed by atoms with Gasteiger partial charge in [-0.25, -0.2) is 9.18 Å². The first kappa shape index (κ1) is 21.8. The molecule has 8 heteroatoms. The van der Waals surface area contributed by atoms with Crippen LogP contribution in [0.15, 0.2) is 42.5 Å². The van der Waals surface area contributed by atoms with E-state index >= 15 is 0 Å². The first-order valence-electron chi connectivity index (χ1n) is 9.63. The first-order valence-corrected chi connectivity index (χ1v) is 10.0. The van der Waals surface area contributed by atoms with Crippen LogP contribution in [0.5, 0.6) is 0 Å². The molecule has 1 fully saturated rings. The zero-order valence-corrected chi connectivity index (χ0v) is 17.7. The lowest BCUT2D eigenvalue weighted by Crippen LogP contribution is -2.43. The molecule has 2 atom stereocenters. The van der Waals surface area contributed by atoms with Crippen LogP contribution < -0.4 is 10.6 Å². The minimum atomic E-state index is -1.48. The third-order valence-electron chi connectivity index (χ3n) is 5.31. The molecule has 1 saturated heterocycles. The number of halogens is 2. The lowest BCUT2D eigenvalue weighted by Gasteiger charge is -2.23. The predicted octanol–water partition coefficient (Wildman–Crippen LogP) is 3.69. The highest BCUT2D eigenvalue weighted by Crippen LogP contribution is 2.33. The number of amides is 4. The third-order valence-corrected chi connectivity index (χ3v) is 5.62. The molecule has 1 heterocycles. The molecule has 2 aromatic rings. The number of carbonyl (C=O) groups is 3. The Balaban J connectivity index is 1.70. The fraction of sp³-hybridized carbons (Fsp3) is 0.318. The van der Waals surface area contributed by atoms with Crippen molar-refractivity contribution in [3.05, 3.63) is 70.0 Å². The van der Waals surface area contributed by atoms with Gasteiger partial charge in [0.25, 0.3) is 5.91 Å². The molecule has 4 amide bonds. The van der Waals surface area contributed by atoms with Crippen molar-refractivity contribution in [3.63, 3.8) is 0 Å². The van der Waals surface area contributed by atoms with E-state index in [0.29, 0.717) is 0 Å². The number of aryl methyl sites for hydroxylation is 1. The smallest absolute Gasteiger partial charge is 0.325 e. The van der Waals surface area contributed by atoms with E-state index in [1.807, 2.05) is 31.2 Å². The Morgan fingerprint density at radius 1 is 1.23 bits per heavy atom. The molecular weight excluding hydrogens is 409 g/mol. The summed E-state index contributed by atoms with van der Waals surface area (Å²) in [5, 5.41) is 5.37. The van der Waals surface area contributed by atoms with Crippen molar-refractivity contribution >= 4 is 29.4 Å². The Bertz CT molecular complexity index is 996. The molecule has 0 radical (unpaired) electrons. The molecule has 3 rings (SSSR count). The first-order chi connectivity index (χ1) is 14.2. The zero-order chi connectivity index (χ0) is 22.1. The highest BCUT2D eigenvalue weighted by atomic mass is 35.5. The quantitative estimate of drug-likeness (QED) is 0.685. The van der Waals surface area contributed by atoms with Gasteiger partial charge in [-0.3, -0.25) is 14.5 Å². The number of imide groups is 1. The predicted molar refractivity (Wildman–Crippen MR) is 111 cm³/mol. The van der Waals surface area contributed by atoms with Gasteiger partial charge in [0.1, 0.15) is 17.9 Å². The molecule has 158 valence electrons. The molecule has 2 aromatic carbocycles. The van der Waals surface area contributed by atoms with Crippen LogP contribution in [-0.2, 0) is 21.5 Å². The van der Waals surface area contributed by atoms with Gasteiger partial charge in [-0.2, -0.15) is 0 Å². The Morgan fingerprint density at radius 3 is 2.50 bits per heavy atom. The van der Waals surface area contributed by atoms with Crippen LogP contribution in [0.4, 0.5) is 9.18 Å². The molecule has 0 spiro atoms. The van der Waals surface area contributed by atoms with Crippen molar-refractivity contribution in [1.82, 2.24) is 15.5 Å². The van der Waals surface area contributed by atoms with E-state index in [1.54, 1.807) is 0 Å². The standard InChI is InChI=1S/C22H23ClFN3O3/c1-4-14-5-7-15(8-6-14)13(2)25-19(28)12-27-20(29)22(3,26-21(27)30)17-10-9-16(24)11-18(17)23/h5-11,13H,4,12H2,1-3H3,(H,25,28)(H,26,30). The van der Waals surface area contributed by atoms with Crippen molar-refractivity contribution < 1.29 is 18.8 Å². The van der Waals surface area contributed by atoms with Gasteiger partial charge in [0.05, 0.1) is 6.04 Å². The Morgan fingerprint density at radius 2 is 1.90 bits per heavy atom. The van der Waals surface area contributed by atoms with Gasteiger partial charge in [0.15, 0.2) is 0 Å². The van der Waals surface area contributed by atoms with Gasteiger partial charge >= 0.3 is 6.03 Å². The summed E-state index contributed by atoms with van der Waals surface area (Å²) in [6.07, 6.45) is 0.921. The summed E-state index contributed by atoms with van der Waals surface area (Å²) in [7, 11) is 0. The SMILES string of the molecule is CCc1ccc(C(C)NC(=O)CN2C(=O)NC(C)(c3ccc(F)cc3Cl)C2=O)cc1. The second-order valence-electron chi connectivity index (χ2n) is 7.45. The third kappa shape index (κ3) is 4.16. The van der Waals surface area contributed by atoms with Crippen molar-refractivity contribution in [2.75, 3.05) is 6.54 Å². The summed E-state index contributed by atoms with van der Waals surface area (Å²) in [5.74, 6) is -1.66. The van der Waals surface area contributed by atoms with Crippen LogP contribution in [0, 0.1) is 5.82 Å². The number of urea groups is 1. The Labute approximate surface area is 179 Å². The fourth-order valence-corrected chi connectivity index (χ4v) is 3.83. The van der Waals surface area contributed by atoms with E-state index < -0.39 is 35.7 Å². The average molecular weight is 432 g/mol. The molecule has 1 aliphatic rings. The molecule has 0 aliphatic carbocycles. The van der Waals surface area contributed by atoms with E-state index in [4.69, 9.17) is 11.6 Å².